The van der Waals surface area contributed by atoms with E-state index in [2.05, 4.69) is 16.3 Å². The van der Waals surface area contributed by atoms with Crippen molar-refractivity contribution in [1.29, 1.82) is 5.26 Å². The monoisotopic (exact) mass is 342 g/mol. The molecule has 1 fully saturated rings. The zero-order valence-corrected chi connectivity index (χ0v) is 14.3. The van der Waals surface area contributed by atoms with Crippen LogP contribution in [0.2, 0.25) is 0 Å². The highest BCUT2D eigenvalue weighted by Gasteiger charge is 2.27. The van der Waals surface area contributed by atoms with Crippen molar-refractivity contribution in [3.63, 3.8) is 0 Å². The number of fused-ring (bicyclic) bond motifs is 1. The van der Waals surface area contributed by atoms with Gasteiger partial charge in [-0.15, -0.1) is 0 Å². The number of carbonyl (C=O) groups excluding carboxylic acids is 2. The van der Waals surface area contributed by atoms with E-state index in [0.717, 1.165) is 19.4 Å². The average molecular weight is 342 g/mol. The lowest BCUT2D eigenvalue weighted by Crippen LogP contribution is -2.41. The molecule has 2 aliphatic rings. The third-order valence-corrected chi connectivity index (χ3v) is 4.73. The summed E-state index contributed by atoms with van der Waals surface area (Å²) in [6.45, 7) is 2.37. The molecule has 1 N–H and O–H groups in total. The fourth-order valence-electron chi connectivity index (χ4n) is 3.28. The molecule has 0 spiro atoms. The topological polar surface area (TPSA) is 85.7 Å². The van der Waals surface area contributed by atoms with Crippen LogP contribution in [0, 0.1) is 17.2 Å². The van der Waals surface area contributed by atoms with Crippen molar-refractivity contribution in [2.24, 2.45) is 5.92 Å². The summed E-state index contributed by atoms with van der Waals surface area (Å²) in [4.78, 5) is 28.0. The highest BCUT2D eigenvalue weighted by Crippen LogP contribution is 2.33. The number of nitrogens with zero attached hydrogens (tertiary/aromatic N) is 3. The first-order chi connectivity index (χ1) is 12.1. The Bertz CT molecular complexity index is 713. The van der Waals surface area contributed by atoms with Crippen molar-refractivity contribution in [3.8, 4) is 11.8 Å². The van der Waals surface area contributed by atoms with Gasteiger partial charge in [0.1, 0.15) is 5.75 Å². The molecule has 0 radical (unpaired) electrons. The fourth-order valence-corrected chi connectivity index (χ4v) is 3.28. The van der Waals surface area contributed by atoms with Crippen molar-refractivity contribution < 1.29 is 14.3 Å². The Hall–Kier alpha value is -2.59. The lowest BCUT2D eigenvalue weighted by molar-refractivity contribution is -0.121. The standard InChI is InChI=1S/C18H22N4O3/c1-21-15-10-14(5-6-16(15)25-12-17(21)23)20-18(24)13-4-2-8-22(11-13)9-3-7-19/h5-6,10,13H,2-4,8-9,11-12H2,1H3,(H,20,24). The Kier molecular flexibility index (Phi) is 5.19. The number of piperidine rings is 1. The van der Waals surface area contributed by atoms with Gasteiger partial charge >= 0.3 is 0 Å². The molecule has 1 aromatic rings. The molecular weight excluding hydrogens is 320 g/mol. The summed E-state index contributed by atoms with van der Waals surface area (Å²) in [5.41, 5.74) is 1.32. The Balaban J connectivity index is 1.65. The molecule has 1 saturated heterocycles. The van der Waals surface area contributed by atoms with Crippen LogP contribution in [0.3, 0.4) is 0 Å². The van der Waals surface area contributed by atoms with Gasteiger partial charge in [0, 0.05) is 32.2 Å². The van der Waals surface area contributed by atoms with E-state index in [1.165, 1.54) is 0 Å². The van der Waals surface area contributed by atoms with Gasteiger partial charge in [0.2, 0.25) is 5.91 Å². The molecule has 2 heterocycles. The first kappa shape index (κ1) is 17.2. The fraction of sp³-hybridized carbons (Fsp3) is 0.500. The van der Waals surface area contributed by atoms with Gasteiger partial charge in [-0.05, 0) is 37.6 Å². The molecule has 1 atom stereocenters. The predicted octanol–water partition coefficient (Wildman–Crippen LogP) is 1.61. The molecular formula is C18H22N4O3. The van der Waals surface area contributed by atoms with Gasteiger partial charge in [-0.2, -0.15) is 5.26 Å². The number of carbonyl (C=O) groups is 2. The van der Waals surface area contributed by atoms with Gasteiger partial charge < -0.3 is 19.9 Å². The molecule has 2 amide bonds. The Morgan fingerprint density at radius 1 is 1.48 bits per heavy atom. The maximum Gasteiger partial charge on any atom is 0.264 e. The van der Waals surface area contributed by atoms with Gasteiger partial charge in [0.05, 0.1) is 17.7 Å². The van der Waals surface area contributed by atoms with E-state index >= 15 is 0 Å². The van der Waals surface area contributed by atoms with Crippen LogP contribution < -0.4 is 15.0 Å². The summed E-state index contributed by atoms with van der Waals surface area (Å²) >= 11 is 0. The maximum atomic E-state index is 12.6. The number of ether oxygens (including phenoxy) is 1. The molecule has 0 bridgehead atoms. The van der Waals surface area contributed by atoms with E-state index in [1.54, 1.807) is 30.1 Å². The normalized spacial score (nSPS) is 20.4. The van der Waals surface area contributed by atoms with Crippen LogP contribution in [0.25, 0.3) is 0 Å². The summed E-state index contributed by atoms with van der Waals surface area (Å²) < 4.78 is 5.40. The molecule has 0 aliphatic carbocycles. The highest BCUT2D eigenvalue weighted by molar-refractivity contribution is 5.99. The second-order valence-corrected chi connectivity index (χ2v) is 6.46. The molecule has 25 heavy (non-hydrogen) atoms. The van der Waals surface area contributed by atoms with E-state index in [-0.39, 0.29) is 24.3 Å². The number of nitriles is 1. The van der Waals surface area contributed by atoms with E-state index < -0.39 is 0 Å². The zero-order valence-electron chi connectivity index (χ0n) is 14.3. The average Bonchev–Trinajstić information content (AvgIpc) is 2.63. The largest absolute Gasteiger partial charge is 0.482 e. The zero-order chi connectivity index (χ0) is 17.8. The number of hydrogen-bond acceptors (Lipinski definition) is 5. The first-order valence-corrected chi connectivity index (χ1v) is 8.52. The van der Waals surface area contributed by atoms with Gasteiger partial charge in [0.25, 0.3) is 5.91 Å². The van der Waals surface area contributed by atoms with E-state index in [9.17, 15) is 9.59 Å². The number of hydrogen-bond donors (Lipinski definition) is 1. The van der Waals surface area contributed by atoms with Crippen molar-refractivity contribution >= 4 is 23.2 Å². The summed E-state index contributed by atoms with van der Waals surface area (Å²) in [6, 6.07) is 7.47. The molecule has 0 aromatic heterocycles. The third kappa shape index (κ3) is 3.91. The Morgan fingerprint density at radius 3 is 3.12 bits per heavy atom. The summed E-state index contributed by atoms with van der Waals surface area (Å²) in [6.07, 6.45) is 2.29. The quantitative estimate of drug-likeness (QED) is 0.898. The van der Waals surface area contributed by atoms with E-state index in [4.69, 9.17) is 10.00 Å². The number of likely N-dealkylation sites (tertiary alicyclic amines) is 1. The van der Waals surface area contributed by atoms with Crippen LogP contribution in [0.5, 0.6) is 5.75 Å². The van der Waals surface area contributed by atoms with Crippen LogP contribution in [-0.2, 0) is 9.59 Å². The number of amides is 2. The number of anilines is 2. The summed E-state index contributed by atoms with van der Waals surface area (Å²) in [5, 5.41) is 11.7. The summed E-state index contributed by atoms with van der Waals surface area (Å²) in [7, 11) is 1.70. The van der Waals surface area contributed by atoms with Gasteiger partial charge in [-0.3, -0.25) is 9.59 Å². The first-order valence-electron chi connectivity index (χ1n) is 8.52. The second kappa shape index (κ2) is 7.53. The lowest BCUT2D eigenvalue weighted by Gasteiger charge is -2.31. The third-order valence-electron chi connectivity index (χ3n) is 4.73. The number of nitrogens with one attached hydrogen (secondary N) is 1. The number of likely N-dealkylation sites (N-methyl/N-ethyl adjacent to an activating group) is 1. The second-order valence-electron chi connectivity index (χ2n) is 6.46. The molecule has 3 rings (SSSR count). The maximum absolute atomic E-state index is 12.6. The van der Waals surface area contributed by atoms with E-state index in [1.807, 2.05) is 0 Å². The lowest BCUT2D eigenvalue weighted by atomic mass is 9.97. The molecule has 7 nitrogen and oxygen atoms in total. The molecule has 7 heteroatoms. The summed E-state index contributed by atoms with van der Waals surface area (Å²) in [5.74, 6) is 0.420. The molecule has 0 saturated carbocycles. The van der Waals surface area contributed by atoms with E-state index in [0.29, 0.717) is 36.6 Å². The van der Waals surface area contributed by atoms with Crippen LogP contribution in [0.15, 0.2) is 18.2 Å². The predicted molar refractivity (Wildman–Crippen MR) is 93.4 cm³/mol. The number of rotatable bonds is 4. The molecule has 2 aliphatic heterocycles. The number of benzene rings is 1. The van der Waals surface area contributed by atoms with Crippen LogP contribution in [-0.4, -0.2) is 50.0 Å². The van der Waals surface area contributed by atoms with Crippen molar-refractivity contribution in [2.45, 2.75) is 19.3 Å². The van der Waals surface area contributed by atoms with Crippen LogP contribution >= 0.6 is 0 Å². The van der Waals surface area contributed by atoms with Gasteiger partial charge in [-0.25, -0.2) is 0 Å². The highest BCUT2D eigenvalue weighted by atomic mass is 16.5. The molecule has 1 unspecified atom stereocenters. The minimum atomic E-state index is -0.114. The van der Waals surface area contributed by atoms with Crippen molar-refractivity contribution in [3.05, 3.63) is 18.2 Å². The Morgan fingerprint density at radius 2 is 2.32 bits per heavy atom. The minimum absolute atomic E-state index is 0.0210. The smallest absolute Gasteiger partial charge is 0.264 e. The SMILES string of the molecule is CN1C(=O)COc2ccc(NC(=O)C3CCCN(CCC#N)C3)cc21. The van der Waals surface area contributed by atoms with Gasteiger partial charge in [-0.1, -0.05) is 0 Å². The Labute approximate surface area is 147 Å². The van der Waals surface area contributed by atoms with Crippen LogP contribution in [0.1, 0.15) is 19.3 Å². The van der Waals surface area contributed by atoms with Crippen molar-refractivity contribution in [2.75, 3.05) is 43.5 Å². The van der Waals surface area contributed by atoms with Crippen molar-refractivity contribution in [1.82, 2.24) is 4.90 Å². The molecule has 132 valence electrons. The van der Waals surface area contributed by atoms with Crippen LogP contribution in [0.4, 0.5) is 11.4 Å². The van der Waals surface area contributed by atoms with Gasteiger partial charge in [0.15, 0.2) is 6.61 Å². The molecule has 1 aromatic carbocycles. The minimum Gasteiger partial charge on any atom is -0.482 e.